The van der Waals surface area contributed by atoms with Crippen LogP contribution in [0.2, 0.25) is 0 Å². The minimum atomic E-state index is -1.02. The molecule has 1 aliphatic heterocycles. The third-order valence-corrected chi connectivity index (χ3v) is 3.87. The van der Waals surface area contributed by atoms with Gasteiger partial charge in [-0.2, -0.15) is 0 Å². The van der Waals surface area contributed by atoms with Gasteiger partial charge in [0.2, 0.25) is 5.91 Å². The topological polar surface area (TPSA) is 78.9 Å². The zero-order valence-electron chi connectivity index (χ0n) is 12.7. The summed E-state index contributed by atoms with van der Waals surface area (Å²) >= 11 is 0. The summed E-state index contributed by atoms with van der Waals surface area (Å²) in [5, 5.41) is 12.0. The fourth-order valence-corrected chi connectivity index (χ4v) is 2.47. The van der Waals surface area contributed by atoms with Crippen molar-refractivity contribution in [2.75, 3.05) is 26.3 Å². The van der Waals surface area contributed by atoms with Crippen LogP contribution in [0.15, 0.2) is 30.3 Å². The summed E-state index contributed by atoms with van der Waals surface area (Å²) in [6.45, 7) is 4.37. The van der Waals surface area contributed by atoms with Crippen molar-refractivity contribution in [2.24, 2.45) is 0 Å². The summed E-state index contributed by atoms with van der Waals surface area (Å²) in [6.07, 6.45) is 0.276. The van der Waals surface area contributed by atoms with Crippen LogP contribution in [0.5, 0.6) is 0 Å². The van der Waals surface area contributed by atoms with E-state index >= 15 is 0 Å². The number of benzene rings is 1. The molecule has 1 saturated heterocycles. The van der Waals surface area contributed by atoms with E-state index in [1.807, 2.05) is 35.2 Å². The number of carboxylic acids is 1. The Hall–Kier alpha value is -1.92. The van der Waals surface area contributed by atoms with E-state index in [1.165, 1.54) is 0 Å². The molecular formula is C16H22N2O4. The van der Waals surface area contributed by atoms with E-state index in [0.717, 1.165) is 5.56 Å². The van der Waals surface area contributed by atoms with Crippen LogP contribution in [0, 0.1) is 0 Å². The molecule has 6 heteroatoms. The second kappa shape index (κ2) is 7.91. The third-order valence-electron chi connectivity index (χ3n) is 3.87. The molecule has 0 aromatic heterocycles. The van der Waals surface area contributed by atoms with Crippen molar-refractivity contribution in [1.82, 2.24) is 10.2 Å². The first-order valence-corrected chi connectivity index (χ1v) is 7.47. The molecule has 2 atom stereocenters. The molecule has 0 saturated carbocycles. The van der Waals surface area contributed by atoms with Crippen molar-refractivity contribution < 1.29 is 19.4 Å². The van der Waals surface area contributed by atoms with Crippen LogP contribution < -0.4 is 5.32 Å². The summed E-state index contributed by atoms with van der Waals surface area (Å²) in [6, 6.07) is 8.01. The normalized spacial score (nSPS) is 18.4. The molecule has 1 heterocycles. The van der Waals surface area contributed by atoms with Gasteiger partial charge in [-0.1, -0.05) is 30.3 Å². The van der Waals surface area contributed by atoms with E-state index in [9.17, 15) is 14.7 Å². The molecule has 0 radical (unpaired) electrons. The summed E-state index contributed by atoms with van der Waals surface area (Å²) < 4.78 is 5.26. The highest BCUT2D eigenvalue weighted by Crippen LogP contribution is 2.07. The molecule has 6 nitrogen and oxygen atoms in total. The average Bonchev–Trinajstić information content (AvgIpc) is 2.55. The molecule has 1 fully saturated rings. The molecule has 1 aliphatic rings. The first-order valence-electron chi connectivity index (χ1n) is 7.47. The van der Waals surface area contributed by atoms with Crippen LogP contribution in [0.3, 0.4) is 0 Å². The maximum atomic E-state index is 12.3. The Labute approximate surface area is 130 Å². The first kappa shape index (κ1) is 16.5. The Balaban J connectivity index is 1.95. The largest absolute Gasteiger partial charge is 0.480 e. The number of nitrogens with one attached hydrogen (secondary N) is 1. The molecular weight excluding hydrogens is 284 g/mol. The van der Waals surface area contributed by atoms with Gasteiger partial charge in [0.1, 0.15) is 6.04 Å². The van der Waals surface area contributed by atoms with Crippen LogP contribution in [-0.4, -0.2) is 60.3 Å². The van der Waals surface area contributed by atoms with Crippen molar-refractivity contribution in [1.29, 1.82) is 0 Å². The first-order chi connectivity index (χ1) is 10.6. The lowest BCUT2D eigenvalue weighted by molar-refractivity contribution is -0.142. The number of hydrogen-bond acceptors (Lipinski definition) is 4. The predicted octanol–water partition coefficient (Wildman–Crippen LogP) is 0.519. The molecule has 1 amide bonds. The van der Waals surface area contributed by atoms with Crippen LogP contribution in [0.4, 0.5) is 0 Å². The highest BCUT2D eigenvalue weighted by Gasteiger charge is 2.27. The number of carbonyl (C=O) groups is 2. The SMILES string of the molecule is CC(C(=O)N[C@@H](Cc1ccccc1)C(=O)O)N1CCOCC1. The molecule has 2 N–H and O–H groups in total. The monoisotopic (exact) mass is 306 g/mol. The molecule has 2 rings (SSSR count). The number of rotatable bonds is 6. The van der Waals surface area contributed by atoms with Gasteiger partial charge < -0.3 is 15.2 Å². The minimum Gasteiger partial charge on any atom is -0.480 e. The van der Waals surface area contributed by atoms with E-state index in [4.69, 9.17) is 4.74 Å². The van der Waals surface area contributed by atoms with Crippen molar-refractivity contribution in [3.8, 4) is 0 Å². The zero-order valence-corrected chi connectivity index (χ0v) is 12.7. The van der Waals surface area contributed by atoms with Crippen molar-refractivity contribution >= 4 is 11.9 Å². The van der Waals surface area contributed by atoms with Gasteiger partial charge in [0.25, 0.3) is 0 Å². The number of aliphatic carboxylic acids is 1. The summed E-state index contributed by atoms with van der Waals surface area (Å²) in [5.74, 6) is -1.28. The molecule has 0 aliphatic carbocycles. The van der Waals surface area contributed by atoms with Gasteiger partial charge >= 0.3 is 5.97 Å². The van der Waals surface area contributed by atoms with Crippen LogP contribution >= 0.6 is 0 Å². The molecule has 1 aromatic carbocycles. The van der Waals surface area contributed by atoms with Crippen LogP contribution in [0.25, 0.3) is 0 Å². The minimum absolute atomic E-state index is 0.259. The standard InChI is InChI=1S/C16H22N2O4/c1-12(18-7-9-22-10-8-18)15(19)17-14(16(20)21)11-13-5-3-2-4-6-13/h2-6,12,14H,7-11H2,1H3,(H,17,19)(H,20,21)/t12?,14-/m0/s1. The van der Waals surface area contributed by atoms with E-state index in [2.05, 4.69) is 5.32 Å². The Morgan fingerprint density at radius 3 is 2.50 bits per heavy atom. The number of hydrogen-bond donors (Lipinski definition) is 2. The lowest BCUT2D eigenvalue weighted by atomic mass is 10.1. The van der Waals surface area contributed by atoms with E-state index < -0.39 is 12.0 Å². The molecule has 22 heavy (non-hydrogen) atoms. The lowest BCUT2D eigenvalue weighted by Crippen LogP contribution is -2.53. The molecule has 0 spiro atoms. The maximum Gasteiger partial charge on any atom is 0.326 e. The summed E-state index contributed by atoms with van der Waals surface area (Å²) in [4.78, 5) is 25.7. The van der Waals surface area contributed by atoms with Gasteiger partial charge in [-0.15, -0.1) is 0 Å². The third kappa shape index (κ3) is 4.54. The Bertz CT molecular complexity index is 500. The van der Waals surface area contributed by atoms with E-state index in [-0.39, 0.29) is 18.4 Å². The van der Waals surface area contributed by atoms with Gasteiger partial charge in [0.15, 0.2) is 0 Å². The van der Waals surface area contributed by atoms with Crippen molar-refractivity contribution in [2.45, 2.75) is 25.4 Å². The zero-order chi connectivity index (χ0) is 15.9. The van der Waals surface area contributed by atoms with Crippen molar-refractivity contribution in [3.05, 3.63) is 35.9 Å². The van der Waals surface area contributed by atoms with Gasteiger partial charge in [-0.25, -0.2) is 4.79 Å². The fourth-order valence-electron chi connectivity index (χ4n) is 2.47. The number of nitrogens with zero attached hydrogens (tertiary/aromatic N) is 1. The van der Waals surface area contributed by atoms with Gasteiger partial charge in [0.05, 0.1) is 19.3 Å². The molecule has 1 aromatic rings. The summed E-state index contributed by atoms with van der Waals surface area (Å²) in [5.41, 5.74) is 0.884. The molecule has 1 unspecified atom stereocenters. The number of ether oxygens (including phenoxy) is 1. The highest BCUT2D eigenvalue weighted by atomic mass is 16.5. The molecule has 0 bridgehead atoms. The number of amides is 1. The van der Waals surface area contributed by atoms with Gasteiger partial charge in [-0.05, 0) is 12.5 Å². The van der Waals surface area contributed by atoms with Crippen LogP contribution in [-0.2, 0) is 20.7 Å². The Morgan fingerprint density at radius 2 is 1.91 bits per heavy atom. The fraction of sp³-hybridized carbons (Fsp3) is 0.500. The van der Waals surface area contributed by atoms with Crippen LogP contribution in [0.1, 0.15) is 12.5 Å². The molecule has 120 valence electrons. The smallest absolute Gasteiger partial charge is 0.326 e. The number of morpholine rings is 1. The second-order valence-electron chi connectivity index (χ2n) is 5.41. The summed E-state index contributed by atoms with van der Waals surface area (Å²) in [7, 11) is 0. The van der Waals surface area contributed by atoms with Gasteiger partial charge in [-0.3, -0.25) is 9.69 Å². The quantitative estimate of drug-likeness (QED) is 0.801. The average molecular weight is 306 g/mol. The van der Waals surface area contributed by atoms with Gasteiger partial charge in [0, 0.05) is 19.5 Å². The highest BCUT2D eigenvalue weighted by molar-refractivity contribution is 5.86. The van der Waals surface area contributed by atoms with E-state index in [1.54, 1.807) is 6.92 Å². The number of carboxylic acid groups (broad SMARTS) is 1. The van der Waals surface area contributed by atoms with E-state index in [0.29, 0.717) is 26.3 Å². The Morgan fingerprint density at radius 1 is 1.27 bits per heavy atom. The maximum absolute atomic E-state index is 12.3. The second-order valence-corrected chi connectivity index (χ2v) is 5.41. The van der Waals surface area contributed by atoms with Crippen molar-refractivity contribution in [3.63, 3.8) is 0 Å². The lowest BCUT2D eigenvalue weighted by Gasteiger charge is -2.32. The number of carbonyl (C=O) groups excluding carboxylic acids is 1. The predicted molar refractivity (Wildman–Crippen MR) is 81.6 cm³/mol. The Kier molecular flexibility index (Phi) is 5.91.